The number of benzene rings is 1. The molecule has 3 aromatic heterocycles. The molecule has 0 radical (unpaired) electrons. The summed E-state index contributed by atoms with van der Waals surface area (Å²) in [4.78, 5) is 27.7. The number of carbonyl (C=O) groups is 1. The second-order valence-corrected chi connectivity index (χ2v) is 9.33. The fourth-order valence-corrected chi connectivity index (χ4v) is 5.41. The largest absolute Gasteiger partial charge is 0.352 e. The SMILES string of the molecule is O=C(NCc1cccs1)N1CCN(c2ncnc3cc(-c4ccc(F)cc4)sc23)CC1. The van der Waals surface area contributed by atoms with E-state index < -0.39 is 0 Å². The summed E-state index contributed by atoms with van der Waals surface area (Å²) in [5.41, 5.74) is 1.84. The van der Waals surface area contributed by atoms with Crippen molar-refractivity contribution in [3.05, 3.63) is 64.9 Å². The van der Waals surface area contributed by atoms with Crippen LogP contribution in [-0.2, 0) is 6.54 Å². The molecular formula is C22H20FN5OS2. The summed E-state index contributed by atoms with van der Waals surface area (Å²) in [6, 6.07) is 12.5. The van der Waals surface area contributed by atoms with E-state index in [0.717, 1.165) is 31.4 Å². The molecule has 6 nitrogen and oxygen atoms in total. The van der Waals surface area contributed by atoms with Crippen LogP contribution in [0.4, 0.5) is 15.0 Å². The first-order valence-corrected chi connectivity index (χ1v) is 11.7. The number of hydrogen-bond acceptors (Lipinski definition) is 6. The van der Waals surface area contributed by atoms with Gasteiger partial charge in [0.05, 0.1) is 16.8 Å². The number of fused-ring (bicyclic) bond motifs is 1. The summed E-state index contributed by atoms with van der Waals surface area (Å²) in [5.74, 6) is 0.643. The fourth-order valence-electron chi connectivity index (χ4n) is 3.63. The van der Waals surface area contributed by atoms with Gasteiger partial charge in [0, 0.05) is 35.9 Å². The van der Waals surface area contributed by atoms with Gasteiger partial charge < -0.3 is 15.1 Å². The fraction of sp³-hybridized carbons (Fsp3) is 0.227. The third kappa shape index (κ3) is 4.24. The molecule has 31 heavy (non-hydrogen) atoms. The van der Waals surface area contributed by atoms with Crippen LogP contribution in [0.5, 0.6) is 0 Å². The molecule has 1 aromatic carbocycles. The Morgan fingerprint density at radius 3 is 2.65 bits per heavy atom. The maximum Gasteiger partial charge on any atom is 0.317 e. The standard InChI is InChI=1S/C22H20FN5OS2/c23-16-5-3-15(4-6-16)19-12-18-20(31-19)21(26-14-25-18)27-7-9-28(10-8-27)22(29)24-13-17-2-1-11-30-17/h1-6,11-12,14H,7-10,13H2,(H,24,29). The minimum Gasteiger partial charge on any atom is -0.352 e. The van der Waals surface area contributed by atoms with Crippen LogP contribution in [0.3, 0.4) is 0 Å². The van der Waals surface area contributed by atoms with Crippen molar-refractivity contribution >= 4 is 44.7 Å². The van der Waals surface area contributed by atoms with E-state index in [2.05, 4.69) is 20.2 Å². The molecule has 0 unspecified atom stereocenters. The minimum absolute atomic E-state index is 0.0318. The van der Waals surface area contributed by atoms with Crippen molar-refractivity contribution in [2.75, 3.05) is 31.1 Å². The molecule has 0 atom stereocenters. The van der Waals surface area contributed by atoms with E-state index in [9.17, 15) is 9.18 Å². The lowest BCUT2D eigenvalue weighted by Crippen LogP contribution is -2.51. The van der Waals surface area contributed by atoms with Crippen LogP contribution in [-0.4, -0.2) is 47.1 Å². The van der Waals surface area contributed by atoms with E-state index in [1.54, 1.807) is 41.1 Å². The Hall–Kier alpha value is -3.04. The molecule has 5 rings (SSSR count). The van der Waals surface area contributed by atoms with Gasteiger partial charge in [0.1, 0.15) is 18.0 Å². The molecular weight excluding hydrogens is 433 g/mol. The lowest BCUT2D eigenvalue weighted by Gasteiger charge is -2.35. The summed E-state index contributed by atoms with van der Waals surface area (Å²) in [7, 11) is 0. The van der Waals surface area contributed by atoms with E-state index >= 15 is 0 Å². The van der Waals surface area contributed by atoms with Crippen LogP contribution < -0.4 is 10.2 Å². The Kier molecular flexibility index (Phi) is 5.52. The average Bonchev–Trinajstić information content (AvgIpc) is 3.48. The third-order valence-electron chi connectivity index (χ3n) is 5.28. The van der Waals surface area contributed by atoms with Crippen molar-refractivity contribution in [2.24, 2.45) is 0 Å². The van der Waals surface area contributed by atoms with Crippen LogP contribution in [0.1, 0.15) is 4.88 Å². The predicted molar refractivity (Wildman–Crippen MR) is 123 cm³/mol. The number of nitrogens with zero attached hydrogens (tertiary/aromatic N) is 4. The van der Waals surface area contributed by atoms with Gasteiger partial charge in [-0.1, -0.05) is 18.2 Å². The summed E-state index contributed by atoms with van der Waals surface area (Å²) in [6.45, 7) is 3.26. The first-order chi connectivity index (χ1) is 15.2. The van der Waals surface area contributed by atoms with E-state index in [0.29, 0.717) is 32.7 Å². The Morgan fingerprint density at radius 1 is 1.10 bits per heavy atom. The topological polar surface area (TPSA) is 61.4 Å². The van der Waals surface area contributed by atoms with Gasteiger partial charge in [0.25, 0.3) is 0 Å². The van der Waals surface area contributed by atoms with E-state index in [-0.39, 0.29) is 11.8 Å². The van der Waals surface area contributed by atoms with Crippen molar-refractivity contribution in [2.45, 2.75) is 6.54 Å². The molecule has 0 bridgehead atoms. The molecule has 1 aliphatic heterocycles. The summed E-state index contributed by atoms with van der Waals surface area (Å²) in [6.07, 6.45) is 1.58. The first-order valence-electron chi connectivity index (χ1n) is 9.98. The summed E-state index contributed by atoms with van der Waals surface area (Å²) >= 11 is 3.25. The molecule has 4 aromatic rings. The zero-order chi connectivity index (χ0) is 21.2. The Labute approximate surface area is 187 Å². The quantitative estimate of drug-likeness (QED) is 0.491. The highest BCUT2D eigenvalue weighted by Crippen LogP contribution is 2.37. The maximum atomic E-state index is 13.3. The van der Waals surface area contributed by atoms with Crippen molar-refractivity contribution in [1.82, 2.24) is 20.2 Å². The van der Waals surface area contributed by atoms with E-state index in [1.165, 1.54) is 12.1 Å². The number of urea groups is 1. The van der Waals surface area contributed by atoms with Gasteiger partial charge in [-0.05, 0) is 35.2 Å². The van der Waals surface area contributed by atoms with Crippen molar-refractivity contribution in [3.63, 3.8) is 0 Å². The smallest absolute Gasteiger partial charge is 0.317 e. The molecule has 0 spiro atoms. The van der Waals surface area contributed by atoms with Gasteiger partial charge in [0.2, 0.25) is 0 Å². The van der Waals surface area contributed by atoms with Gasteiger partial charge in [-0.2, -0.15) is 0 Å². The Morgan fingerprint density at radius 2 is 1.90 bits per heavy atom. The second kappa shape index (κ2) is 8.60. The lowest BCUT2D eigenvalue weighted by molar-refractivity contribution is 0.194. The second-order valence-electron chi connectivity index (χ2n) is 7.24. The van der Waals surface area contributed by atoms with Crippen LogP contribution in [0.15, 0.2) is 54.2 Å². The van der Waals surface area contributed by atoms with Gasteiger partial charge in [0.15, 0.2) is 0 Å². The van der Waals surface area contributed by atoms with Gasteiger partial charge in [-0.25, -0.2) is 19.2 Å². The van der Waals surface area contributed by atoms with Crippen LogP contribution in [0, 0.1) is 5.82 Å². The van der Waals surface area contributed by atoms with E-state index in [4.69, 9.17) is 0 Å². The molecule has 0 aliphatic carbocycles. The van der Waals surface area contributed by atoms with Crippen molar-refractivity contribution in [3.8, 4) is 10.4 Å². The number of anilines is 1. The van der Waals surface area contributed by atoms with Crippen molar-refractivity contribution in [1.29, 1.82) is 0 Å². The number of hydrogen-bond donors (Lipinski definition) is 1. The summed E-state index contributed by atoms with van der Waals surface area (Å²) in [5, 5.41) is 5.00. The van der Waals surface area contributed by atoms with Gasteiger partial charge in [-0.3, -0.25) is 0 Å². The van der Waals surface area contributed by atoms with Gasteiger partial charge >= 0.3 is 6.03 Å². The number of thiophene rings is 2. The van der Waals surface area contributed by atoms with Crippen LogP contribution in [0.25, 0.3) is 20.7 Å². The zero-order valence-corrected chi connectivity index (χ0v) is 18.3. The molecule has 158 valence electrons. The number of carbonyl (C=O) groups excluding carboxylic acids is 1. The molecule has 9 heteroatoms. The summed E-state index contributed by atoms with van der Waals surface area (Å²) < 4.78 is 14.3. The molecule has 4 heterocycles. The normalized spacial score (nSPS) is 14.2. The van der Waals surface area contributed by atoms with Crippen molar-refractivity contribution < 1.29 is 9.18 Å². The minimum atomic E-state index is -0.248. The molecule has 1 saturated heterocycles. The molecule has 0 saturated carbocycles. The number of rotatable bonds is 4. The Balaban J connectivity index is 1.28. The lowest BCUT2D eigenvalue weighted by atomic mass is 10.2. The zero-order valence-electron chi connectivity index (χ0n) is 16.6. The number of halogens is 1. The highest BCUT2D eigenvalue weighted by Gasteiger charge is 2.24. The maximum absolute atomic E-state index is 13.3. The number of nitrogens with one attached hydrogen (secondary N) is 1. The number of amides is 2. The Bertz CT molecular complexity index is 1180. The highest BCUT2D eigenvalue weighted by molar-refractivity contribution is 7.22. The number of piperazine rings is 1. The van der Waals surface area contributed by atoms with Crippen LogP contribution >= 0.6 is 22.7 Å². The highest BCUT2D eigenvalue weighted by atomic mass is 32.1. The number of aromatic nitrogens is 2. The van der Waals surface area contributed by atoms with E-state index in [1.807, 2.05) is 28.5 Å². The monoisotopic (exact) mass is 453 g/mol. The molecule has 1 aliphatic rings. The predicted octanol–water partition coefficient (Wildman–Crippen LogP) is 4.59. The average molecular weight is 454 g/mol. The van der Waals surface area contributed by atoms with Crippen LogP contribution in [0.2, 0.25) is 0 Å². The third-order valence-corrected chi connectivity index (χ3v) is 7.33. The molecule has 2 amide bonds. The first kappa shape index (κ1) is 19.9. The molecule has 1 fully saturated rings. The van der Waals surface area contributed by atoms with Gasteiger partial charge in [-0.15, -0.1) is 22.7 Å². The molecule has 1 N–H and O–H groups in total.